The molecule has 4 aliphatic heterocycles. The van der Waals surface area contributed by atoms with Crippen molar-refractivity contribution >= 4 is 23.7 Å². The van der Waals surface area contributed by atoms with Crippen LogP contribution >= 0.6 is 0 Å². The van der Waals surface area contributed by atoms with Gasteiger partial charge in [0.05, 0.1) is 25.0 Å². The van der Waals surface area contributed by atoms with Crippen molar-refractivity contribution in [3.63, 3.8) is 0 Å². The van der Waals surface area contributed by atoms with Gasteiger partial charge in [-0.25, -0.2) is 19.2 Å². The zero-order valence-corrected chi connectivity index (χ0v) is 30.1. The molecule has 4 aliphatic rings. The maximum Gasteiger partial charge on any atom is 0.338 e. The normalized spacial score (nSPS) is 21.7. The Morgan fingerprint density at radius 1 is 1.06 bits per heavy atom. The number of piperazine rings is 1. The molecule has 3 fully saturated rings. The van der Waals surface area contributed by atoms with Gasteiger partial charge in [0, 0.05) is 70.4 Å². The third-order valence-corrected chi connectivity index (χ3v) is 10.6. The molecule has 1 aromatic heterocycles. The first-order chi connectivity index (χ1) is 25.6. The van der Waals surface area contributed by atoms with E-state index in [2.05, 4.69) is 40.6 Å². The van der Waals surface area contributed by atoms with Crippen LogP contribution in [0, 0.1) is 5.82 Å². The Bertz CT molecular complexity index is 1890. The largest absolute Gasteiger partial charge is 0.508 e. The Morgan fingerprint density at radius 2 is 1.85 bits per heavy atom. The first-order valence-electron chi connectivity index (χ1n) is 18.0. The molecule has 2 aromatic carbocycles. The van der Waals surface area contributed by atoms with E-state index in [1.54, 1.807) is 11.1 Å². The molecule has 13 nitrogen and oxygen atoms in total. The van der Waals surface area contributed by atoms with Gasteiger partial charge in [-0.05, 0) is 43.3 Å². The molecule has 2 N–H and O–H groups in total. The molecule has 0 spiro atoms. The van der Waals surface area contributed by atoms with Gasteiger partial charge in [-0.15, -0.1) is 6.58 Å². The van der Waals surface area contributed by atoms with Crippen LogP contribution in [0.2, 0.25) is 0 Å². The third-order valence-electron chi connectivity index (χ3n) is 10.6. The summed E-state index contributed by atoms with van der Waals surface area (Å²) < 4.78 is 15.2. The zero-order valence-electron chi connectivity index (χ0n) is 30.1. The monoisotopic (exact) mass is 723 g/mol. The number of hydrogen-bond acceptors (Lipinski definition) is 9. The highest BCUT2D eigenvalue weighted by Gasteiger charge is 2.47. The van der Waals surface area contributed by atoms with Crippen LogP contribution in [0.25, 0.3) is 0 Å². The number of anilines is 1. The molecule has 53 heavy (non-hydrogen) atoms. The molecule has 4 amide bonds. The third kappa shape index (κ3) is 7.61. The van der Waals surface area contributed by atoms with E-state index in [1.165, 1.54) is 33.1 Å². The van der Waals surface area contributed by atoms with Crippen LogP contribution < -0.4 is 10.2 Å². The minimum Gasteiger partial charge on any atom is -0.508 e. The SMILES string of the molecule is C=CCN1CC(=O)N2C(=CN(Cc3cccc(N4CC(N5CCN(C)[C@H](C)C5)C4)n3)C(=O)[C@@H]2Cc2ccc(O)cc2F)N1C(=O)NCc1ccccc1. The Kier molecular flexibility index (Phi) is 10.4. The van der Waals surface area contributed by atoms with Crippen molar-refractivity contribution in [3.8, 4) is 5.75 Å². The Hall–Kier alpha value is -5.31. The summed E-state index contributed by atoms with van der Waals surface area (Å²) in [7, 11) is 2.17. The summed E-state index contributed by atoms with van der Waals surface area (Å²) >= 11 is 0. The fraction of sp³-hybridized carbons (Fsp3) is 0.385. The van der Waals surface area contributed by atoms with Crippen LogP contribution in [0.15, 0.2) is 91.4 Å². The number of amides is 4. The van der Waals surface area contributed by atoms with Gasteiger partial charge in [-0.3, -0.25) is 19.4 Å². The fourth-order valence-electron chi connectivity index (χ4n) is 7.41. The number of nitrogens with zero attached hydrogens (tertiary/aromatic N) is 8. The second-order valence-corrected chi connectivity index (χ2v) is 14.2. The molecule has 0 aliphatic carbocycles. The van der Waals surface area contributed by atoms with Crippen LogP contribution in [0.3, 0.4) is 0 Å². The van der Waals surface area contributed by atoms with Gasteiger partial charge in [-0.1, -0.05) is 48.5 Å². The number of carbonyl (C=O) groups excluding carboxylic acids is 3. The summed E-state index contributed by atoms with van der Waals surface area (Å²) in [5.41, 5.74) is 1.65. The Morgan fingerprint density at radius 3 is 2.58 bits per heavy atom. The minimum atomic E-state index is -1.18. The zero-order chi connectivity index (χ0) is 37.2. The number of likely N-dealkylation sites (N-methyl/N-ethyl adjacent to an activating group) is 1. The van der Waals surface area contributed by atoms with Crippen molar-refractivity contribution < 1.29 is 23.9 Å². The molecule has 0 bridgehead atoms. The highest BCUT2D eigenvalue weighted by molar-refractivity contribution is 5.94. The van der Waals surface area contributed by atoms with Gasteiger partial charge in [0.25, 0.3) is 5.91 Å². The first kappa shape index (κ1) is 36.1. The van der Waals surface area contributed by atoms with Crippen molar-refractivity contribution in [1.82, 2.24) is 39.9 Å². The van der Waals surface area contributed by atoms with Crippen molar-refractivity contribution in [2.75, 3.05) is 57.8 Å². The summed E-state index contributed by atoms with van der Waals surface area (Å²) in [6.07, 6.45) is 2.92. The van der Waals surface area contributed by atoms with E-state index < -0.39 is 29.7 Å². The number of phenolic OH excluding ortho intramolecular Hbond substituents is 1. The number of fused-ring (bicyclic) bond motifs is 1. The molecule has 0 saturated carbocycles. The molecule has 0 unspecified atom stereocenters. The van der Waals surface area contributed by atoms with E-state index in [0.717, 1.165) is 50.2 Å². The van der Waals surface area contributed by atoms with Crippen molar-refractivity contribution in [3.05, 3.63) is 114 Å². The maximum absolute atomic E-state index is 15.2. The van der Waals surface area contributed by atoms with Crippen LogP contribution in [0.4, 0.5) is 15.0 Å². The number of aromatic hydroxyl groups is 1. The summed E-state index contributed by atoms with van der Waals surface area (Å²) in [4.78, 5) is 57.1. The Balaban J connectivity index is 1.17. The van der Waals surface area contributed by atoms with Crippen molar-refractivity contribution in [1.29, 1.82) is 0 Å². The number of hydrazine groups is 1. The van der Waals surface area contributed by atoms with E-state index in [1.807, 2.05) is 48.5 Å². The number of hydrogen-bond donors (Lipinski definition) is 2. The molecular formula is C39H46FN9O4. The topological polar surface area (TPSA) is 119 Å². The summed E-state index contributed by atoms with van der Waals surface area (Å²) in [6.45, 7) is 11.2. The molecular weight excluding hydrogens is 677 g/mol. The second-order valence-electron chi connectivity index (χ2n) is 14.2. The van der Waals surface area contributed by atoms with E-state index >= 15 is 4.39 Å². The van der Waals surface area contributed by atoms with E-state index in [0.29, 0.717) is 17.8 Å². The standard InChI is InChI=1S/C39H46FN9O4/c1-4-15-47-26-37(51)48-34(18-29-13-14-32(50)19-33(29)40)38(52)46(25-36(48)49(47)39(53)41-20-28-9-6-5-7-10-28)22-30-11-8-12-35(42-30)45-23-31(24-45)44-17-16-43(3)27(2)21-44/h4-14,19,25,27,31,34,50H,1,15-18,20-24,26H2,2-3H3,(H,41,53)/t27-,34+/m1/s1. The van der Waals surface area contributed by atoms with E-state index in [-0.39, 0.29) is 49.7 Å². The van der Waals surface area contributed by atoms with Gasteiger partial charge in [0.1, 0.15) is 23.4 Å². The van der Waals surface area contributed by atoms with E-state index in [9.17, 15) is 19.5 Å². The molecule has 278 valence electrons. The van der Waals surface area contributed by atoms with Gasteiger partial charge in [-0.2, -0.15) is 5.01 Å². The number of urea groups is 1. The molecule has 14 heteroatoms. The van der Waals surface area contributed by atoms with Gasteiger partial charge in [0.2, 0.25) is 5.91 Å². The lowest BCUT2D eigenvalue weighted by atomic mass is 10.00. The van der Waals surface area contributed by atoms with Crippen molar-refractivity contribution in [2.45, 2.75) is 44.6 Å². The molecule has 2 atom stereocenters. The van der Waals surface area contributed by atoms with Crippen LogP contribution in [0.5, 0.6) is 5.75 Å². The smallest absolute Gasteiger partial charge is 0.338 e. The minimum absolute atomic E-state index is 0.0565. The quantitative estimate of drug-likeness (QED) is 0.305. The number of pyridine rings is 1. The molecule has 7 rings (SSSR count). The number of aromatic nitrogens is 1. The number of nitrogens with one attached hydrogen (secondary N) is 1. The molecule has 3 saturated heterocycles. The Labute approximate surface area is 309 Å². The van der Waals surface area contributed by atoms with Gasteiger partial charge < -0.3 is 25.1 Å². The van der Waals surface area contributed by atoms with Crippen LogP contribution in [0.1, 0.15) is 23.7 Å². The molecule has 3 aromatic rings. The highest BCUT2D eigenvalue weighted by Crippen LogP contribution is 2.32. The second kappa shape index (κ2) is 15.3. The fourth-order valence-corrected chi connectivity index (χ4v) is 7.41. The average Bonchev–Trinajstić information content (AvgIpc) is 3.11. The number of rotatable bonds is 10. The molecule has 5 heterocycles. The maximum atomic E-state index is 15.2. The number of carbonyl (C=O) groups is 3. The summed E-state index contributed by atoms with van der Waals surface area (Å²) in [5, 5.41) is 15.7. The number of phenols is 1. The lowest BCUT2D eigenvalue weighted by Gasteiger charge is -2.50. The van der Waals surface area contributed by atoms with E-state index in [4.69, 9.17) is 4.98 Å². The highest BCUT2D eigenvalue weighted by atomic mass is 19.1. The number of halogens is 1. The van der Waals surface area contributed by atoms with Gasteiger partial charge in [0.15, 0.2) is 5.82 Å². The predicted octanol–water partition coefficient (Wildman–Crippen LogP) is 2.96. The predicted molar refractivity (Wildman–Crippen MR) is 197 cm³/mol. The van der Waals surface area contributed by atoms with Gasteiger partial charge >= 0.3 is 6.03 Å². The summed E-state index contributed by atoms with van der Waals surface area (Å²) in [6, 6.07) is 18.2. The van der Waals surface area contributed by atoms with Crippen LogP contribution in [-0.2, 0) is 29.1 Å². The molecule has 0 radical (unpaired) electrons. The average molecular weight is 724 g/mol. The first-order valence-corrected chi connectivity index (χ1v) is 18.0. The van der Waals surface area contributed by atoms with Crippen molar-refractivity contribution in [2.24, 2.45) is 0 Å². The lowest BCUT2D eigenvalue weighted by molar-refractivity contribution is -0.157. The summed E-state index contributed by atoms with van der Waals surface area (Å²) in [5.74, 6) is -0.864. The number of benzene rings is 2. The van der Waals surface area contributed by atoms with Crippen LogP contribution in [-0.4, -0.2) is 129 Å². The lowest BCUT2D eigenvalue weighted by Crippen LogP contribution is -2.67.